The van der Waals surface area contributed by atoms with Gasteiger partial charge in [-0.3, -0.25) is 4.79 Å². The molecule has 6 nitrogen and oxygen atoms in total. The first kappa shape index (κ1) is 20.8. The number of amides is 1. The molecule has 3 aromatic rings. The van der Waals surface area contributed by atoms with Crippen LogP contribution in [0, 0.1) is 0 Å². The Bertz CT molecular complexity index is 1020. The molecule has 1 amide bonds. The molecule has 0 saturated carbocycles. The lowest BCUT2D eigenvalue weighted by Crippen LogP contribution is -2.15. The van der Waals surface area contributed by atoms with E-state index in [9.17, 15) is 9.59 Å². The van der Waals surface area contributed by atoms with E-state index in [1.807, 2.05) is 36.6 Å². The van der Waals surface area contributed by atoms with Gasteiger partial charge in [0, 0.05) is 10.9 Å². The van der Waals surface area contributed by atoms with Crippen LogP contribution in [0.1, 0.15) is 23.0 Å². The van der Waals surface area contributed by atoms with Crippen molar-refractivity contribution in [2.24, 2.45) is 0 Å². The van der Waals surface area contributed by atoms with Crippen LogP contribution in [0.15, 0.2) is 47.8 Å². The van der Waals surface area contributed by atoms with Crippen molar-refractivity contribution < 1.29 is 19.1 Å². The van der Waals surface area contributed by atoms with E-state index < -0.39 is 5.97 Å². The van der Waals surface area contributed by atoms with Crippen LogP contribution >= 0.6 is 22.9 Å². The quantitative estimate of drug-likeness (QED) is 0.543. The van der Waals surface area contributed by atoms with Gasteiger partial charge in [-0.2, -0.15) is 0 Å². The number of thiazole rings is 1. The average molecular weight is 431 g/mol. The van der Waals surface area contributed by atoms with Crippen LogP contribution in [0.25, 0.3) is 10.6 Å². The zero-order valence-corrected chi connectivity index (χ0v) is 17.5. The van der Waals surface area contributed by atoms with Gasteiger partial charge in [0.2, 0.25) is 5.91 Å². The number of nitrogens with one attached hydrogen (secondary N) is 1. The Morgan fingerprint density at radius 2 is 1.93 bits per heavy atom. The highest BCUT2D eigenvalue weighted by atomic mass is 35.5. The summed E-state index contributed by atoms with van der Waals surface area (Å²) in [7, 11) is 1.29. The van der Waals surface area contributed by atoms with Crippen molar-refractivity contribution in [2.45, 2.75) is 13.3 Å². The number of nitrogens with zero attached hydrogens (tertiary/aromatic N) is 1. The van der Waals surface area contributed by atoms with Gasteiger partial charge in [0.15, 0.2) is 0 Å². The van der Waals surface area contributed by atoms with E-state index in [0.717, 1.165) is 16.3 Å². The fraction of sp³-hybridized carbons (Fsp3) is 0.190. The maximum Gasteiger partial charge on any atom is 0.337 e. The molecular formula is C21H19ClN2O4S. The van der Waals surface area contributed by atoms with Crippen LogP contribution in [-0.4, -0.2) is 30.6 Å². The van der Waals surface area contributed by atoms with Gasteiger partial charge in [-0.25, -0.2) is 9.78 Å². The van der Waals surface area contributed by atoms with E-state index in [1.165, 1.54) is 36.6 Å². The highest BCUT2D eigenvalue weighted by Crippen LogP contribution is 2.27. The molecule has 1 heterocycles. The third-order valence-electron chi connectivity index (χ3n) is 3.97. The van der Waals surface area contributed by atoms with Crippen LogP contribution < -0.4 is 10.1 Å². The highest BCUT2D eigenvalue weighted by molar-refractivity contribution is 7.13. The number of halogens is 1. The molecule has 0 fully saturated rings. The largest absolute Gasteiger partial charge is 0.494 e. The summed E-state index contributed by atoms with van der Waals surface area (Å²) >= 11 is 7.58. The van der Waals surface area contributed by atoms with Gasteiger partial charge in [-0.15, -0.1) is 11.3 Å². The summed E-state index contributed by atoms with van der Waals surface area (Å²) in [5, 5.41) is 5.72. The number of methoxy groups -OCH3 is 1. The maximum absolute atomic E-state index is 12.4. The summed E-state index contributed by atoms with van der Waals surface area (Å²) in [4.78, 5) is 28.6. The molecule has 0 aliphatic rings. The molecule has 1 N–H and O–H groups in total. The Balaban J connectivity index is 1.67. The molecule has 0 atom stereocenters. The predicted octanol–water partition coefficient (Wildman–Crippen LogP) is 4.83. The van der Waals surface area contributed by atoms with Crippen LogP contribution in [0.5, 0.6) is 5.75 Å². The second kappa shape index (κ2) is 9.54. The molecule has 8 heteroatoms. The van der Waals surface area contributed by atoms with Crippen molar-refractivity contribution in [3.05, 3.63) is 64.1 Å². The monoisotopic (exact) mass is 430 g/mol. The molecule has 150 valence electrons. The SMILES string of the molecule is CCOc1ccc(-c2nc(CC(=O)Nc3cc(C(=O)OC)ccc3Cl)cs2)cc1. The first-order chi connectivity index (χ1) is 14.0. The van der Waals surface area contributed by atoms with E-state index in [-0.39, 0.29) is 12.3 Å². The zero-order valence-electron chi connectivity index (χ0n) is 15.9. The number of hydrogen-bond acceptors (Lipinski definition) is 6. The standard InChI is InChI=1S/C21H19ClN2O4S/c1-3-28-16-7-4-13(5-8-16)20-23-15(12-29-20)11-19(25)24-18-10-14(21(26)27-2)6-9-17(18)22/h4-10,12H,3,11H2,1-2H3,(H,24,25). The highest BCUT2D eigenvalue weighted by Gasteiger charge is 2.13. The fourth-order valence-corrected chi connectivity index (χ4v) is 3.60. The predicted molar refractivity (Wildman–Crippen MR) is 114 cm³/mol. The smallest absolute Gasteiger partial charge is 0.337 e. The molecular weight excluding hydrogens is 412 g/mol. The molecule has 0 bridgehead atoms. The third-order valence-corrected chi connectivity index (χ3v) is 5.24. The van der Waals surface area contributed by atoms with Crippen LogP contribution in [0.2, 0.25) is 5.02 Å². The molecule has 1 aromatic heterocycles. The molecule has 0 radical (unpaired) electrons. The van der Waals surface area contributed by atoms with Crippen LogP contribution in [0.3, 0.4) is 0 Å². The Labute approximate surface area is 177 Å². The fourth-order valence-electron chi connectivity index (χ4n) is 2.61. The first-order valence-electron chi connectivity index (χ1n) is 8.85. The Morgan fingerprint density at radius 3 is 2.62 bits per heavy atom. The molecule has 0 unspecified atom stereocenters. The molecule has 2 aromatic carbocycles. The summed E-state index contributed by atoms with van der Waals surface area (Å²) in [5.74, 6) is 0.0209. The van der Waals surface area contributed by atoms with E-state index in [1.54, 1.807) is 0 Å². The summed E-state index contributed by atoms with van der Waals surface area (Å²) < 4.78 is 10.1. The Morgan fingerprint density at radius 1 is 1.17 bits per heavy atom. The van der Waals surface area contributed by atoms with Gasteiger partial charge in [-0.05, 0) is 49.4 Å². The minimum Gasteiger partial charge on any atom is -0.494 e. The number of rotatable bonds is 7. The van der Waals surface area contributed by atoms with Gasteiger partial charge >= 0.3 is 5.97 Å². The number of carbonyl (C=O) groups is 2. The topological polar surface area (TPSA) is 77.5 Å². The minimum atomic E-state index is -0.503. The van der Waals surface area contributed by atoms with E-state index >= 15 is 0 Å². The third kappa shape index (κ3) is 5.34. The Hall–Kier alpha value is -2.90. The minimum absolute atomic E-state index is 0.0896. The van der Waals surface area contributed by atoms with Gasteiger partial charge in [-0.1, -0.05) is 11.6 Å². The van der Waals surface area contributed by atoms with Gasteiger partial charge in [0.25, 0.3) is 0 Å². The van der Waals surface area contributed by atoms with Crippen molar-refractivity contribution in [2.75, 3.05) is 19.0 Å². The van der Waals surface area contributed by atoms with Crippen LogP contribution in [0.4, 0.5) is 5.69 Å². The molecule has 3 rings (SSSR count). The van der Waals surface area contributed by atoms with Crippen LogP contribution in [-0.2, 0) is 16.0 Å². The van der Waals surface area contributed by atoms with Crippen molar-refractivity contribution in [1.82, 2.24) is 4.98 Å². The van der Waals surface area contributed by atoms with E-state index in [4.69, 9.17) is 16.3 Å². The van der Waals surface area contributed by atoms with Crippen molar-refractivity contribution in [1.29, 1.82) is 0 Å². The van der Waals surface area contributed by atoms with Crippen molar-refractivity contribution in [3.63, 3.8) is 0 Å². The Kier molecular flexibility index (Phi) is 6.85. The second-order valence-electron chi connectivity index (χ2n) is 6.01. The molecule has 0 saturated heterocycles. The number of hydrogen-bond donors (Lipinski definition) is 1. The summed E-state index contributed by atoms with van der Waals surface area (Å²) in [6.07, 6.45) is 0.0896. The van der Waals surface area contributed by atoms with Gasteiger partial charge < -0.3 is 14.8 Å². The normalized spacial score (nSPS) is 10.4. The number of carbonyl (C=O) groups excluding carboxylic acids is 2. The lowest BCUT2D eigenvalue weighted by molar-refractivity contribution is -0.115. The van der Waals surface area contributed by atoms with Crippen molar-refractivity contribution in [3.8, 4) is 16.3 Å². The number of aromatic nitrogens is 1. The molecule has 0 aliphatic heterocycles. The van der Waals surface area contributed by atoms with E-state index in [0.29, 0.717) is 28.6 Å². The van der Waals surface area contributed by atoms with Crippen molar-refractivity contribution >= 4 is 40.5 Å². The summed E-state index contributed by atoms with van der Waals surface area (Å²) in [6.45, 7) is 2.55. The number of esters is 1. The summed E-state index contributed by atoms with van der Waals surface area (Å²) in [5.41, 5.74) is 2.26. The molecule has 29 heavy (non-hydrogen) atoms. The van der Waals surface area contributed by atoms with Gasteiger partial charge in [0.1, 0.15) is 10.8 Å². The summed E-state index contributed by atoms with van der Waals surface area (Å²) in [6, 6.07) is 12.2. The maximum atomic E-state index is 12.4. The average Bonchev–Trinajstić information content (AvgIpc) is 3.18. The lowest BCUT2D eigenvalue weighted by atomic mass is 10.2. The number of ether oxygens (including phenoxy) is 2. The number of anilines is 1. The number of benzene rings is 2. The zero-order chi connectivity index (χ0) is 20.8. The first-order valence-corrected chi connectivity index (χ1v) is 10.1. The molecule has 0 spiro atoms. The second-order valence-corrected chi connectivity index (χ2v) is 7.28. The molecule has 0 aliphatic carbocycles. The lowest BCUT2D eigenvalue weighted by Gasteiger charge is -2.08. The van der Waals surface area contributed by atoms with Gasteiger partial charge in [0.05, 0.1) is 42.1 Å². The van der Waals surface area contributed by atoms with E-state index in [2.05, 4.69) is 15.0 Å².